The van der Waals surface area contributed by atoms with Gasteiger partial charge in [-0.15, -0.1) is 0 Å². The molecule has 0 saturated carbocycles. The van der Waals surface area contributed by atoms with E-state index in [0.29, 0.717) is 24.1 Å². The van der Waals surface area contributed by atoms with Gasteiger partial charge < -0.3 is 35.7 Å². The second-order valence-electron chi connectivity index (χ2n) is 10.0. The smallest absolute Gasteiger partial charge is 0.407 e. The summed E-state index contributed by atoms with van der Waals surface area (Å²) < 4.78 is 5.42. The second kappa shape index (κ2) is 18.8. The van der Waals surface area contributed by atoms with Gasteiger partial charge in [-0.2, -0.15) is 0 Å². The highest BCUT2D eigenvalue weighted by molar-refractivity contribution is 5.98. The lowest BCUT2D eigenvalue weighted by Gasteiger charge is -2.24. The maximum atomic E-state index is 12.5. The number of unbranched alkanes of at least 4 members (excludes halogenated alkanes) is 1. The molecule has 3 heterocycles. The van der Waals surface area contributed by atoms with Crippen LogP contribution >= 0.6 is 0 Å². The lowest BCUT2D eigenvalue weighted by Crippen LogP contribution is -2.49. The van der Waals surface area contributed by atoms with Crippen molar-refractivity contribution in [3.8, 4) is 0 Å². The summed E-state index contributed by atoms with van der Waals surface area (Å²) in [4.78, 5) is 54.5. The molecule has 1 atom stereocenters. The summed E-state index contributed by atoms with van der Waals surface area (Å²) in [5.74, 6) is -0.841. The Kier molecular flexibility index (Phi) is 15.4. The van der Waals surface area contributed by atoms with E-state index in [4.69, 9.17) is 15.3 Å². The van der Waals surface area contributed by atoms with Crippen LogP contribution in [0.15, 0.2) is 28.7 Å². The number of fused-ring (bicyclic) bond motifs is 1. The largest absolute Gasteiger partial charge is 0.465 e. The molecular weight excluding hydrogens is 528 g/mol. The van der Waals surface area contributed by atoms with Gasteiger partial charge in [0.15, 0.2) is 5.58 Å². The maximum Gasteiger partial charge on any atom is 0.407 e. The van der Waals surface area contributed by atoms with Crippen LogP contribution in [0.25, 0.3) is 11.1 Å². The van der Waals surface area contributed by atoms with Crippen LogP contribution in [0.1, 0.15) is 75.9 Å². The first-order chi connectivity index (χ1) is 19.8. The highest BCUT2D eigenvalue weighted by Gasteiger charge is 2.34. The molecule has 0 radical (unpaired) electrons. The number of likely N-dealkylation sites (tertiary alicyclic amines) is 2. The molecule has 0 bridgehead atoms. The molecule has 1 aromatic carbocycles. The minimum absolute atomic E-state index is 0.0281. The molecule has 12 heteroatoms. The molecule has 3 amide bonds. The molecule has 12 nitrogen and oxygen atoms in total. The summed E-state index contributed by atoms with van der Waals surface area (Å²) in [6, 6.07) is 6.55. The van der Waals surface area contributed by atoms with Crippen LogP contribution in [-0.2, 0) is 9.59 Å². The van der Waals surface area contributed by atoms with Gasteiger partial charge in [0, 0.05) is 19.6 Å². The number of carboxylic acid groups (broad SMARTS) is 1. The fourth-order valence-electron chi connectivity index (χ4n) is 4.45. The van der Waals surface area contributed by atoms with Crippen LogP contribution in [0.4, 0.5) is 4.79 Å². The fourth-order valence-corrected chi connectivity index (χ4v) is 4.45. The van der Waals surface area contributed by atoms with Crippen molar-refractivity contribution < 1.29 is 28.7 Å². The molecule has 5 N–H and O–H groups in total. The number of nitrogens with one attached hydrogen (secondary N) is 2. The second-order valence-corrected chi connectivity index (χ2v) is 10.0. The maximum absolute atomic E-state index is 12.5. The number of nitrogens with two attached hydrogens (primary N) is 1. The lowest BCUT2D eigenvalue weighted by molar-refractivity contribution is -0.137. The van der Waals surface area contributed by atoms with E-state index in [2.05, 4.69) is 22.5 Å². The van der Waals surface area contributed by atoms with E-state index < -0.39 is 17.9 Å². The number of nitrogens with zero attached hydrogens (tertiary/aromatic N) is 3. The molecule has 2 fully saturated rings. The average molecular weight is 575 g/mol. The van der Waals surface area contributed by atoms with Crippen molar-refractivity contribution in [3.63, 3.8) is 0 Å². The first kappa shape index (κ1) is 33.7. The molecule has 0 spiro atoms. The Morgan fingerprint density at radius 1 is 1.02 bits per heavy atom. The molecule has 2 aliphatic heterocycles. The van der Waals surface area contributed by atoms with Gasteiger partial charge in [-0.25, -0.2) is 9.78 Å². The van der Waals surface area contributed by atoms with E-state index in [1.165, 1.54) is 24.2 Å². The molecule has 228 valence electrons. The Labute approximate surface area is 242 Å². The van der Waals surface area contributed by atoms with E-state index in [1.807, 2.05) is 13.0 Å². The Morgan fingerprint density at radius 3 is 2.34 bits per heavy atom. The number of hydrogen-bond donors (Lipinski definition) is 4. The molecule has 1 unspecified atom stereocenters. The highest BCUT2D eigenvalue weighted by atomic mass is 16.4. The van der Waals surface area contributed by atoms with Gasteiger partial charge in [0.1, 0.15) is 11.6 Å². The van der Waals surface area contributed by atoms with Crippen molar-refractivity contribution in [2.24, 2.45) is 5.73 Å². The predicted octanol–water partition coefficient (Wildman–Crippen LogP) is 3.01. The van der Waals surface area contributed by atoms with Gasteiger partial charge in [-0.05, 0) is 70.2 Å². The summed E-state index contributed by atoms with van der Waals surface area (Å²) in [5.41, 5.74) is 6.26. The van der Waals surface area contributed by atoms with Crippen molar-refractivity contribution in [2.45, 2.75) is 71.3 Å². The number of benzene rings is 1. The quantitative estimate of drug-likeness (QED) is 0.246. The zero-order valence-electron chi connectivity index (χ0n) is 24.4. The summed E-state index contributed by atoms with van der Waals surface area (Å²) in [5, 5.41) is 14.1. The van der Waals surface area contributed by atoms with E-state index in [9.17, 15) is 19.2 Å². The number of piperidine rings is 1. The minimum atomic E-state index is -0.769. The SMILES string of the molecule is CCCCN.CCCNCC(=O)N1CCCC1C(=O)NCC(=O)c1nc2ccccc2o1.O=C(O)N1CCCCC1. The average Bonchev–Trinajstić information content (AvgIpc) is 3.65. The molecule has 2 aromatic rings. The van der Waals surface area contributed by atoms with Crippen molar-refractivity contribution in [3.05, 3.63) is 30.2 Å². The van der Waals surface area contributed by atoms with E-state index in [-0.39, 0.29) is 30.8 Å². The summed E-state index contributed by atoms with van der Waals surface area (Å²) in [7, 11) is 0. The third-order valence-electron chi connectivity index (χ3n) is 6.72. The summed E-state index contributed by atoms with van der Waals surface area (Å²) in [6.45, 7) is 7.79. The van der Waals surface area contributed by atoms with Crippen LogP contribution < -0.4 is 16.4 Å². The molecule has 2 aliphatic rings. The van der Waals surface area contributed by atoms with Gasteiger partial charge >= 0.3 is 6.09 Å². The van der Waals surface area contributed by atoms with Crippen molar-refractivity contribution in [1.82, 2.24) is 25.4 Å². The van der Waals surface area contributed by atoms with Crippen LogP contribution in [0.5, 0.6) is 0 Å². The third-order valence-corrected chi connectivity index (χ3v) is 6.72. The van der Waals surface area contributed by atoms with Gasteiger partial charge in [0.25, 0.3) is 5.89 Å². The van der Waals surface area contributed by atoms with Gasteiger partial charge in [-0.3, -0.25) is 14.4 Å². The van der Waals surface area contributed by atoms with Crippen LogP contribution in [0, 0.1) is 0 Å². The van der Waals surface area contributed by atoms with E-state index in [1.54, 1.807) is 23.1 Å². The summed E-state index contributed by atoms with van der Waals surface area (Å²) in [6.07, 6.45) is 7.18. The van der Waals surface area contributed by atoms with Crippen LogP contribution in [0.2, 0.25) is 0 Å². The highest BCUT2D eigenvalue weighted by Crippen LogP contribution is 2.18. The first-order valence-electron chi connectivity index (χ1n) is 14.7. The number of ketones is 1. The van der Waals surface area contributed by atoms with Gasteiger partial charge in [0.2, 0.25) is 17.6 Å². The van der Waals surface area contributed by atoms with Crippen LogP contribution in [0.3, 0.4) is 0 Å². The van der Waals surface area contributed by atoms with Crippen molar-refractivity contribution in [2.75, 3.05) is 45.8 Å². The number of rotatable bonds is 10. The number of carbonyl (C=O) groups excluding carboxylic acids is 3. The predicted molar refractivity (Wildman–Crippen MR) is 157 cm³/mol. The number of amides is 3. The van der Waals surface area contributed by atoms with E-state index >= 15 is 0 Å². The number of aromatic nitrogens is 1. The number of Topliss-reactive ketones (excluding diaryl/α,β-unsaturated/α-hetero) is 1. The Hall–Kier alpha value is -3.51. The fraction of sp³-hybridized carbons (Fsp3) is 0.621. The zero-order chi connectivity index (χ0) is 30.0. The lowest BCUT2D eigenvalue weighted by atomic mass is 10.1. The molecule has 1 aromatic heterocycles. The number of oxazole rings is 1. The molecule has 0 aliphatic carbocycles. The molecule has 4 rings (SSSR count). The Bertz CT molecular complexity index is 1070. The normalized spacial score (nSPS) is 16.3. The van der Waals surface area contributed by atoms with Crippen LogP contribution in [-0.4, -0.2) is 95.4 Å². The topological polar surface area (TPSA) is 171 Å². The number of para-hydroxylation sites is 2. The number of carbonyl (C=O) groups is 4. The van der Waals surface area contributed by atoms with Gasteiger partial charge in [0.05, 0.1) is 13.1 Å². The molecule has 2 saturated heterocycles. The van der Waals surface area contributed by atoms with Crippen molar-refractivity contribution in [1.29, 1.82) is 0 Å². The Morgan fingerprint density at radius 2 is 1.76 bits per heavy atom. The first-order valence-corrected chi connectivity index (χ1v) is 14.7. The zero-order valence-corrected chi connectivity index (χ0v) is 24.4. The molecule has 41 heavy (non-hydrogen) atoms. The number of hydrogen-bond acceptors (Lipinski definition) is 8. The van der Waals surface area contributed by atoms with Crippen molar-refractivity contribution >= 4 is 34.8 Å². The molecular formula is C29H46N6O6. The monoisotopic (exact) mass is 574 g/mol. The van der Waals surface area contributed by atoms with E-state index in [0.717, 1.165) is 51.9 Å². The van der Waals surface area contributed by atoms with Gasteiger partial charge in [-0.1, -0.05) is 32.4 Å². The third kappa shape index (κ3) is 11.5. The minimum Gasteiger partial charge on any atom is -0.465 e. The standard InChI is InChI=1S/C19H24N4O4.C6H11NO2.C4H11N/c1-2-9-20-12-17(25)23-10-5-7-14(23)18(26)21-11-15(24)19-22-13-6-3-4-8-16(13)27-19;8-6(9)7-4-2-1-3-5-7;1-2-3-4-5/h3-4,6,8,14,20H,2,5,7,9-12H2,1H3,(H,21,26);1-5H2,(H,8,9);2-5H2,1H3. The Balaban J connectivity index is 0.000000345. The summed E-state index contributed by atoms with van der Waals surface area (Å²) >= 11 is 0.